The van der Waals surface area contributed by atoms with Crippen molar-refractivity contribution in [1.82, 2.24) is 5.32 Å². The van der Waals surface area contributed by atoms with E-state index in [1.807, 2.05) is 13.8 Å². The Hall–Kier alpha value is -2.15. The number of amides is 1. The fourth-order valence-corrected chi connectivity index (χ4v) is 2.06. The molecule has 1 unspecified atom stereocenters. The summed E-state index contributed by atoms with van der Waals surface area (Å²) in [6, 6.07) is 3.82. The van der Waals surface area contributed by atoms with E-state index in [9.17, 15) is 20.0 Å². The molecule has 1 amide bonds. The van der Waals surface area contributed by atoms with Gasteiger partial charge in [-0.1, -0.05) is 13.8 Å². The van der Waals surface area contributed by atoms with Crippen LogP contribution in [0.15, 0.2) is 18.2 Å². The number of nitro benzene ring substituents is 1. The maximum Gasteiger partial charge on any atom is 0.292 e. The molecule has 1 aromatic rings. The number of nitrogens with zero attached hydrogens (tertiary/aromatic N) is 1. The summed E-state index contributed by atoms with van der Waals surface area (Å²) in [6.07, 6.45) is 0.665. The third kappa shape index (κ3) is 4.71. The van der Waals surface area contributed by atoms with Crippen LogP contribution in [-0.2, 0) is 0 Å². The lowest BCUT2D eigenvalue weighted by Gasteiger charge is -2.19. The van der Waals surface area contributed by atoms with Crippen LogP contribution in [0.4, 0.5) is 11.4 Å². The van der Waals surface area contributed by atoms with E-state index in [4.69, 9.17) is 0 Å². The molecule has 7 heteroatoms. The van der Waals surface area contributed by atoms with E-state index in [1.165, 1.54) is 25.2 Å². The Morgan fingerprint density at radius 3 is 2.57 bits per heavy atom. The number of carbonyl (C=O) groups is 1. The molecule has 116 valence electrons. The average molecular weight is 295 g/mol. The summed E-state index contributed by atoms with van der Waals surface area (Å²) in [4.78, 5) is 22.2. The highest BCUT2D eigenvalue weighted by Crippen LogP contribution is 2.27. The van der Waals surface area contributed by atoms with Crippen LogP contribution >= 0.6 is 0 Å². The Labute approximate surface area is 123 Å². The molecule has 0 aliphatic heterocycles. The Morgan fingerprint density at radius 2 is 2.10 bits per heavy atom. The van der Waals surface area contributed by atoms with Crippen LogP contribution in [0.25, 0.3) is 0 Å². The standard InChI is InChI=1S/C14H21N3O4/c1-9(2)6-11(8-18)16-12-7-10(14(19)15-3)4-5-13(12)17(20)21/h4-5,7,9,11,16,18H,6,8H2,1-3H3,(H,15,19). The van der Waals surface area contributed by atoms with Crippen LogP contribution in [-0.4, -0.2) is 35.6 Å². The molecule has 0 heterocycles. The number of aliphatic hydroxyl groups is 1. The molecular formula is C14H21N3O4. The molecule has 21 heavy (non-hydrogen) atoms. The Morgan fingerprint density at radius 1 is 1.43 bits per heavy atom. The third-order valence-corrected chi connectivity index (χ3v) is 3.02. The molecule has 1 atom stereocenters. The van der Waals surface area contributed by atoms with Gasteiger partial charge in [0.15, 0.2) is 0 Å². The molecule has 0 saturated heterocycles. The predicted molar refractivity (Wildman–Crippen MR) is 80.4 cm³/mol. The van der Waals surface area contributed by atoms with Crippen molar-refractivity contribution in [2.24, 2.45) is 5.92 Å². The first-order valence-corrected chi connectivity index (χ1v) is 6.77. The van der Waals surface area contributed by atoms with Gasteiger partial charge in [-0.3, -0.25) is 14.9 Å². The summed E-state index contributed by atoms with van der Waals surface area (Å²) in [7, 11) is 1.49. The van der Waals surface area contributed by atoms with Gasteiger partial charge in [0.2, 0.25) is 0 Å². The monoisotopic (exact) mass is 295 g/mol. The Bertz CT molecular complexity index is 517. The number of nitrogens with one attached hydrogen (secondary N) is 2. The fourth-order valence-electron chi connectivity index (χ4n) is 2.06. The third-order valence-electron chi connectivity index (χ3n) is 3.02. The molecule has 0 radical (unpaired) electrons. The number of nitro groups is 1. The summed E-state index contributed by atoms with van der Waals surface area (Å²) in [6.45, 7) is 3.86. The van der Waals surface area contributed by atoms with Gasteiger partial charge in [0.25, 0.3) is 11.6 Å². The van der Waals surface area contributed by atoms with Crippen molar-refractivity contribution >= 4 is 17.3 Å². The van der Waals surface area contributed by atoms with Crippen molar-refractivity contribution in [3.05, 3.63) is 33.9 Å². The van der Waals surface area contributed by atoms with Gasteiger partial charge in [0.1, 0.15) is 5.69 Å². The summed E-state index contributed by atoms with van der Waals surface area (Å²) >= 11 is 0. The lowest BCUT2D eigenvalue weighted by atomic mass is 10.0. The molecular weight excluding hydrogens is 274 g/mol. The second kappa shape index (κ2) is 7.58. The summed E-state index contributed by atoms with van der Waals surface area (Å²) < 4.78 is 0. The number of carbonyl (C=O) groups excluding carboxylic acids is 1. The number of hydrogen-bond acceptors (Lipinski definition) is 5. The summed E-state index contributed by atoms with van der Waals surface area (Å²) in [5.41, 5.74) is 0.442. The molecule has 0 spiro atoms. The highest BCUT2D eigenvalue weighted by atomic mass is 16.6. The lowest BCUT2D eigenvalue weighted by Crippen LogP contribution is -2.26. The zero-order valence-corrected chi connectivity index (χ0v) is 12.4. The number of hydrogen-bond donors (Lipinski definition) is 3. The highest BCUT2D eigenvalue weighted by Gasteiger charge is 2.19. The maximum absolute atomic E-state index is 11.6. The highest BCUT2D eigenvalue weighted by molar-refractivity contribution is 5.95. The first-order chi connectivity index (χ1) is 9.88. The molecule has 0 saturated carbocycles. The minimum atomic E-state index is -0.514. The smallest absolute Gasteiger partial charge is 0.292 e. The quantitative estimate of drug-likeness (QED) is 0.525. The van der Waals surface area contributed by atoms with Crippen molar-refractivity contribution in [3.8, 4) is 0 Å². The van der Waals surface area contributed by atoms with E-state index < -0.39 is 4.92 Å². The van der Waals surface area contributed by atoms with Crippen LogP contribution in [0.5, 0.6) is 0 Å². The minimum Gasteiger partial charge on any atom is -0.394 e. The van der Waals surface area contributed by atoms with E-state index in [0.717, 1.165) is 0 Å². The molecule has 1 rings (SSSR count). The van der Waals surface area contributed by atoms with Crippen molar-refractivity contribution < 1.29 is 14.8 Å². The van der Waals surface area contributed by atoms with Gasteiger partial charge in [0, 0.05) is 24.7 Å². The molecule has 1 aromatic carbocycles. The van der Waals surface area contributed by atoms with Gasteiger partial charge in [-0.05, 0) is 24.5 Å². The molecule has 0 aliphatic rings. The van der Waals surface area contributed by atoms with Crippen LogP contribution in [0.3, 0.4) is 0 Å². The van der Waals surface area contributed by atoms with Gasteiger partial charge < -0.3 is 15.7 Å². The zero-order valence-electron chi connectivity index (χ0n) is 12.4. The van der Waals surface area contributed by atoms with E-state index in [0.29, 0.717) is 17.9 Å². The first-order valence-electron chi connectivity index (χ1n) is 6.77. The summed E-state index contributed by atoms with van der Waals surface area (Å²) in [5, 5.41) is 25.9. The zero-order chi connectivity index (χ0) is 16.0. The summed E-state index contributed by atoms with van der Waals surface area (Å²) in [5.74, 6) is 0.00758. The van der Waals surface area contributed by atoms with E-state index in [1.54, 1.807) is 0 Å². The van der Waals surface area contributed by atoms with Crippen molar-refractivity contribution in [2.45, 2.75) is 26.3 Å². The van der Waals surface area contributed by atoms with Gasteiger partial charge in [-0.25, -0.2) is 0 Å². The number of aliphatic hydroxyl groups excluding tert-OH is 1. The van der Waals surface area contributed by atoms with E-state index >= 15 is 0 Å². The molecule has 0 bridgehead atoms. The molecule has 0 aliphatic carbocycles. The largest absolute Gasteiger partial charge is 0.394 e. The van der Waals surface area contributed by atoms with Crippen molar-refractivity contribution in [1.29, 1.82) is 0 Å². The van der Waals surface area contributed by atoms with Gasteiger partial charge in [-0.15, -0.1) is 0 Å². The molecule has 0 fully saturated rings. The van der Waals surface area contributed by atoms with Crippen molar-refractivity contribution in [3.63, 3.8) is 0 Å². The number of anilines is 1. The van der Waals surface area contributed by atoms with Gasteiger partial charge >= 0.3 is 0 Å². The molecule has 7 nitrogen and oxygen atoms in total. The van der Waals surface area contributed by atoms with Crippen LogP contribution < -0.4 is 10.6 Å². The van der Waals surface area contributed by atoms with Gasteiger partial charge in [0.05, 0.1) is 11.5 Å². The SMILES string of the molecule is CNC(=O)c1ccc([N+](=O)[O-])c(NC(CO)CC(C)C)c1. The second-order valence-corrected chi connectivity index (χ2v) is 5.22. The first kappa shape index (κ1) is 16.9. The van der Waals surface area contributed by atoms with Crippen LogP contribution in [0.1, 0.15) is 30.6 Å². The molecule has 3 N–H and O–H groups in total. The number of benzene rings is 1. The fraction of sp³-hybridized carbons (Fsp3) is 0.500. The maximum atomic E-state index is 11.6. The lowest BCUT2D eigenvalue weighted by molar-refractivity contribution is -0.384. The minimum absolute atomic E-state index is 0.121. The normalized spacial score (nSPS) is 12.0. The average Bonchev–Trinajstić information content (AvgIpc) is 2.44. The molecule has 0 aromatic heterocycles. The van der Waals surface area contributed by atoms with E-state index in [2.05, 4.69) is 10.6 Å². The van der Waals surface area contributed by atoms with Gasteiger partial charge in [-0.2, -0.15) is 0 Å². The van der Waals surface area contributed by atoms with Crippen LogP contribution in [0.2, 0.25) is 0 Å². The van der Waals surface area contributed by atoms with Crippen molar-refractivity contribution in [2.75, 3.05) is 19.0 Å². The second-order valence-electron chi connectivity index (χ2n) is 5.22. The predicted octanol–water partition coefficient (Wildman–Crippen LogP) is 1.77. The van der Waals surface area contributed by atoms with E-state index in [-0.39, 0.29) is 29.9 Å². The Kier molecular flexibility index (Phi) is 6.10. The Balaban J connectivity index is 3.10. The topological polar surface area (TPSA) is 104 Å². The number of rotatable bonds is 7. The van der Waals surface area contributed by atoms with Crippen LogP contribution in [0, 0.1) is 16.0 Å².